The van der Waals surface area contributed by atoms with Gasteiger partial charge in [0, 0.05) is 31.3 Å². The number of ether oxygens (including phenoxy) is 2. The van der Waals surface area contributed by atoms with Crippen LogP contribution in [0.1, 0.15) is 33.3 Å². The van der Waals surface area contributed by atoms with Crippen LogP contribution in [-0.4, -0.2) is 70.6 Å². The van der Waals surface area contributed by atoms with Crippen molar-refractivity contribution in [2.24, 2.45) is 0 Å². The number of carbonyl (C=O) groups is 3. The number of carbonyl (C=O) groups excluding carboxylic acids is 3. The van der Waals surface area contributed by atoms with Gasteiger partial charge in [0.25, 0.3) is 5.69 Å². The molecule has 0 N–H and O–H groups in total. The van der Waals surface area contributed by atoms with Crippen LogP contribution in [0.15, 0.2) is 30.3 Å². The molecule has 31 heavy (non-hydrogen) atoms. The second kappa shape index (κ2) is 10.1. The molecule has 0 bridgehead atoms. The van der Waals surface area contributed by atoms with Crippen LogP contribution in [0, 0.1) is 10.1 Å². The number of benzene rings is 1. The second-order valence-corrected chi connectivity index (χ2v) is 7.91. The summed E-state index contributed by atoms with van der Waals surface area (Å²) >= 11 is 0. The number of non-ortho nitro benzene ring substituents is 1. The van der Waals surface area contributed by atoms with Crippen molar-refractivity contribution in [1.82, 2.24) is 9.80 Å². The van der Waals surface area contributed by atoms with Gasteiger partial charge in [0.05, 0.1) is 18.1 Å². The van der Waals surface area contributed by atoms with Crippen LogP contribution in [0.4, 0.5) is 10.5 Å². The first kappa shape index (κ1) is 23.8. The van der Waals surface area contributed by atoms with Crippen molar-refractivity contribution in [3.63, 3.8) is 0 Å². The predicted octanol–water partition coefficient (Wildman–Crippen LogP) is 2.62. The first-order valence-corrected chi connectivity index (χ1v) is 9.89. The highest BCUT2D eigenvalue weighted by molar-refractivity contribution is 5.95. The number of nitro groups is 1. The van der Waals surface area contributed by atoms with E-state index in [1.807, 2.05) is 0 Å². The van der Waals surface area contributed by atoms with Gasteiger partial charge in [0.15, 0.2) is 0 Å². The molecular formula is C21H27N3O7. The fourth-order valence-corrected chi connectivity index (χ4v) is 2.95. The van der Waals surface area contributed by atoms with Gasteiger partial charge in [-0.25, -0.2) is 9.59 Å². The lowest BCUT2D eigenvalue weighted by atomic mass is 10.1. The molecule has 10 heteroatoms. The minimum absolute atomic E-state index is 0.0368. The molecule has 0 radical (unpaired) electrons. The van der Waals surface area contributed by atoms with Crippen LogP contribution < -0.4 is 0 Å². The van der Waals surface area contributed by atoms with Crippen LogP contribution >= 0.6 is 0 Å². The Balaban J connectivity index is 2.13. The Morgan fingerprint density at radius 2 is 1.84 bits per heavy atom. The van der Waals surface area contributed by atoms with E-state index in [9.17, 15) is 24.5 Å². The van der Waals surface area contributed by atoms with Gasteiger partial charge < -0.3 is 19.3 Å². The van der Waals surface area contributed by atoms with Crippen molar-refractivity contribution in [1.29, 1.82) is 0 Å². The number of piperazine rings is 1. The van der Waals surface area contributed by atoms with Crippen molar-refractivity contribution < 1.29 is 28.8 Å². The average Bonchev–Trinajstić information content (AvgIpc) is 2.70. The second-order valence-electron chi connectivity index (χ2n) is 7.91. The zero-order valence-electron chi connectivity index (χ0n) is 18.1. The number of hydrogen-bond donors (Lipinski definition) is 0. The van der Waals surface area contributed by atoms with Crippen molar-refractivity contribution in [3.05, 3.63) is 46.0 Å². The van der Waals surface area contributed by atoms with Crippen LogP contribution in [0.2, 0.25) is 0 Å². The van der Waals surface area contributed by atoms with Gasteiger partial charge in [0.2, 0.25) is 5.91 Å². The smallest absolute Gasteiger partial charge is 0.410 e. The molecule has 0 aliphatic carbocycles. The third kappa shape index (κ3) is 6.80. The zero-order valence-corrected chi connectivity index (χ0v) is 18.1. The molecule has 0 saturated carbocycles. The summed E-state index contributed by atoms with van der Waals surface area (Å²) in [6.07, 6.45) is 2.24. The third-order valence-electron chi connectivity index (χ3n) is 4.40. The molecule has 168 valence electrons. The van der Waals surface area contributed by atoms with Gasteiger partial charge in [-0.15, -0.1) is 0 Å². The van der Waals surface area contributed by atoms with Crippen molar-refractivity contribution >= 4 is 29.7 Å². The topological polar surface area (TPSA) is 119 Å². The minimum Gasteiger partial charge on any atom is -0.464 e. The molecule has 1 heterocycles. The molecular weight excluding hydrogens is 406 g/mol. The van der Waals surface area contributed by atoms with E-state index in [0.29, 0.717) is 5.56 Å². The molecule has 1 aliphatic heterocycles. The van der Waals surface area contributed by atoms with Gasteiger partial charge in [-0.2, -0.15) is 0 Å². The zero-order chi connectivity index (χ0) is 23.2. The highest BCUT2D eigenvalue weighted by atomic mass is 16.6. The SMILES string of the molecule is CCOC(=O)[C@H]1CN(C(=O)OC(C)(C)C)CCN1C(=O)/C=C\c1ccc([N+](=O)[O-])cc1. The molecule has 2 amide bonds. The molecule has 10 nitrogen and oxygen atoms in total. The van der Waals surface area contributed by atoms with Crippen molar-refractivity contribution in [3.8, 4) is 0 Å². The standard InChI is InChI=1S/C21H27N3O7/c1-5-30-19(26)17-14-22(20(27)31-21(2,3)4)12-13-23(17)18(25)11-8-15-6-9-16(10-7-15)24(28)29/h6-11,17H,5,12-14H2,1-4H3/b11-8-/t17-/m1/s1. The first-order valence-electron chi connectivity index (χ1n) is 9.89. The summed E-state index contributed by atoms with van der Waals surface area (Å²) < 4.78 is 10.5. The largest absolute Gasteiger partial charge is 0.464 e. The Labute approximate surface area is 180 Å². The molecule has 1 aromatic carbocycles. The van der Waals surface area contributed by atoms with Gasteiger partial charge in [0.1, 0.15) is 11.6 Å². The molecule has 2 rings (SSSR count). The van der Waals surface area contributed by atoms with E-state index < -0.39 is 34.5 Å². The third-order valence-corrected chi connectivity index (χ3v) is 4.40. The lowest BCUT2D eigenvalue weighted by molar-refractivity contribution is -0.384. The monoisotopic (exact) mass is 433 g/mol. The van der Waals surface area contributed by atoms with Gasteiger partial charge >= 0.3 is 12.1 Å². The number of hydrogen-bond acceptors (Lipinski definition) is 7. The predicted molar refractivity (Wildman–Crippen MR) is 112 cm³/mol. The average molecular weight is 433 g/mol. The number of rotatable bonds is 5. The van der Waals surface area contributed by atoms with Crippen molar-refractivity contribution in [2.75, 3.05) is 26.2 Å². The summed E-state index contributed by atoms with van der Waals surface area (Å²) in [5.41, 5.74) is -0.139. The summed E-state index contributed by atoms with van der Waals surface area (Å²) in [5.74, 6) is -1.03. The Kier molecular flexibility index (Phi) is 7.73. The summed E-state index contributed by atoms with van der Waals surface area (Å²) in [6, 6.07) is 4.75. The molecule has 1 fully saturated rings. The van der Waals surface area contributed by atoms with Crippen LogP contribution in [0.25, 0.3) is 6.08 Å². The van der Waals surface area contributed by atoms with E-state index >= 15 is 0 Å². The fraction of sp³-hybridized carbons (Fsp3) is 0.476. The number of nitrogens with zero attached hydrogens (tertiary/aromatic N) is 3. The van der Waals surface area contributed by atoms with Gasteiger partial charge in [-0.1, -0.05) is 0 Å². The van der Waals surface area contributed by atoms with E-state index in [1.54, 1.807) is 27.7 Å². The number of esters is 1. The van der Waals surface area contributed by atoms with E-state index in [2.05, 4.69) is 0 Å². The maximum absolute atomic E-state index is 12.8. The van der Waals surface area contributed by atoms with E-state index in [0.717, 1.165) is 0 Å². The Bertz CT molecular complexity index is 859. The molecule has 0 aromatic heterocycles. The quantitative estimate of drug-likeness (QED) is 0.303. The van der Waals surface area contributed by atoms with Gasteiger partial charge in [-0.05, 0) is 51.5 Å². The highest BCUT2D eigenvalue weighted by Crippen LogP contribution is 2.18. The number of nitro benzene ring substituents is 1. The first-order chi connectivity index (χ1) is 14.5. The molecule has 0 unspecified atom stereocenters. The van der Waals surface area contributed by atoms with Gasteiger partial charge in [-0.3, -0.25) is 14.9 Å². The Morgan fingerprint density at radius 3 is 2.39 bits per heavy atom. The fourth-order valence-electron chi connectivity index (χ4n) is 2.95. The number of amides is 2. The Hall–Kier alpha value is -3.43. The summed E-state index contributed by atoms with van der Waals surface area (Å²) in [5, 5.41) is 10.7. The molecule has 0 spiro atoms. The van der Waals surface area contributed by atoms with E-state index in [-0.39, 0.29) is 31.9 Å². The summed E-state index contributed by atoms with van der Waals surface area (Å²) in [7, 11) is 0. The molecule has 1 saturated heterocycles. The molecule has 1 aliphatic rings. The molecule has 1 atom stereocenters. The Morgan fingerprint density at radius 1 is 1.19 bits per heavy atom. The maximum atomic E-state index is 12.8. The lowest BCUT2D eigenvalue weighted by Crippen LogP contribution is -2.60. The lowest BCUT2D eigenvalue weighted by Gasteiger charge is -2.39. The molecule has 1 aromatic rings. The maximum Gasteiger partial charge on any atom is 0.410 e. The van der Waals surface area contributed by atoms with Crippen LogP contribution in [0.3, 0.4) is 0 Å². The highest BCUT2D eigenvalue weighted by Gasteiger charge is 2.38. The van der Waals surface area contributed by atoms with Crippen LogP contribution in [-0.2, 0) is 19.1 Å². The van der Waals surface area contributed by atoms with Crippen LogP contribution in [0.5, 0.6) is 0 Å². The van der Waals surface area contributed by atoms with E-state index in [1.165, 1.54) is 46.2 Å². The van der Waals surface area contributed by atoms with E-state index in [4.69, 9.17) is 9.47 Å². The summed E-state index contributed by atoms with van der Waals surface area (Å²) in [4.78, 5) is 50.6. The summed E-state index contributed by atoms with van der Waals surface area (Å²) in [6.45, 7) is 7.35. The van der Waals surface area contributed by atoms with Crippen molar-refractivity contribution in [2.45, 2.75) is 39.3 Å². The minimum atomic E-state index is -0.963. The normalized spacial score (nSPS) is 16.8.